The van der Waals surface area contributed by atoms with Gasteiger partial charge in [0.15, 0.2) is 0 Å². The molecule has 1 unspecified atom stereocenters. The fourth-order valence-corrected chi connectivity index (χ4v) is 3.60. The van der Waals surface area contributed by atoms with Crippen molar-refractivity contribution in [3.8, 4) is 0 Å². The molecule has 1 atom stereocenters. The molecule has 1 aromatic rings. The van der Waals surface area contributed by atoms with Crippen LogP contribution in [0.25, 0.3) is 0 Å². The molecule has 0 spiro atoms. The van der Waals surface area contributed by atoms with Crippen molar-refractivity contribution in [2.45, 2.75) is 58.9 Å². The second-order valence-electron chi connectivity index (χ2n) is 6.67. The largest absolute Gasteiger partial charge is 0.314 e. The van der Waals surface area contributed by atoms with Crippen LogP contribution in [0.3, 0.4) is 0 Å². The van der Waals surface area contributed by atoms with Crippen LogP contribution in [0.1, 0.15) is 52.1 Å². The van der Waals surface area contributed by atoms with Gasteiger partial charge in [-0.2, -0.15) is 0 Å². The molecule has 20 heavy (non-hydrogen) atoms. The standard InChI is InChI=1S/C16H30N4/c1-5-17-16(10-15-11-20(4)19-18-15)14-8-6-13(7-9-14)12(2)3/h11-14,16-17H,5-10H2,1-4H3. The molecule has 0 radical (unpaired) electrons. The van der Waals surface area contributed by atoms with E-state index in [0.29, 0.717) is 6.04 Å². The van der Waals surface area contributed by atoms with Crippen LogP contribution in [0.5, 0.6) is 0 Å². The number of hydrogen-bond acceptors (Lipinski definition) is 3. The third-order valence-electron chi connectivity index (χ3n) is 4.87. The zero-order valence-corrected chi connectivity index (χ0v) is 13.5. The quantitative estimate of drug-likeness (QED) is 0.870. The van der Waals surface area contributed by atoms with Crippen molar-refractivity contribution < 1.29 is 0 Å². The van der Waals surface area contributed by atoms with E-state index in [1.165, 1.54) is 25.7 Å². The van der Waals surface area contributed by atoms with Crippen LogP contribution in [-0.2, 0) is 13.5 Å². The lowest BCUT2D eigenvalue weighted by Gasteiger charge is -2.35. The number of likely N-dealkylation sites (N-methyl/N-ethyl adjacent to an activating group) is 1. The van der Waals surface area contributed by atoms with Gasteiger partial charge in [0.05, 0.1) is 5.69 Å². The molecule has 0 bridgehead atoms. The van der Waals surface area contributed by atoms with Crippen molar-refractivity contribution >= 4 is 0 Å². The van der Waals surface area contributed by atoms with Crippen LogP contribution in [-0.4, -0.2) is 27.6 Å². The highest BCUT2D eigenvalue weighted by atomic mass is 15.4. The smallest absolute Gasteiger partial charge is 0.0842 e. The zero-order valence-electron chi connectivity index (χ0n) is 13.5. The summed E-state index contributed by atoms with van der Waals surface area (Å²) in [5.41, 5.74) is 1.12. The molecule has 1 N–H and O–H groups in total. The maximum atomic E-state index is 4.25. The molecule has 2 rings (SSSR count). The van der Waals surface area contributed by atoms with Gasteiger partial charge in [0.25, 0.3) is 0 Å². The van der Waals surface area contributed by atoms with Gasteiger partial charge in [-0.05, 0) is 50.0 Å². The Morgan fingerprint density at radius 2 is 1.90 bits per heavy atom. The second-order valence-corrected chi connectivity index (χ2v) is 6.67. The molecule has 1 aliphatic carbocycles. The molecule has 1 saturated carbocycles. The SMILES string of the molecule is CCNC(Cc1cn(C)nn1)C1CCC(C(C)C)CC1. The molecule has 0 aromatic carbocycles. The highest BCUT2D eigenvalue weighted by Gasteiger charge is 2.28. The molecule has 4 heteroatoms. The van der Waals surface area contributed by atoms with E-state index >= 15 is 0 Å². The maximum absolute atomic E-state index is 4.25. The van der Waals surface area contributed by atoms with Crippen molar-refractivity contribution in [1.82, 2.24) is 20.3 Å². The van der Waals surface area contributed by atoms with E-state index in [1.54, 1.807) is 4.68 Å². The fourth-order valence-electron chi connectivity index (χ4n) is 3.60. The van der Waals surface area contributed by atoms with Crippen LogP contribution >= 0.6 is 0 Å². The topological polar surface area (TPSA) is 42.7 Å². The van der Waals surface area contributed by atoms with Crippen LogP contribution in [0.4, 0.5) is 0 Å². The summed E-state index contributed by atoms with van der Waals surface area (Å²) in [4.78, 5) is 0. The number of hydrogen-bond donors (Lipinski definition) is 1. The predicted octanol–water partition coefficient (Wildman–Crippen LogP) is 2.80. The number of nitrogens with one attached hydrogen (secondary N) is 1. The summed E-state index contributed by atoms with van der Waals surface area (Å²) in [7, 11) is 1.94. The Morgan fingerprint density at radius 3 is 2.40 bits per heavy atom. The highest BCUT2D eigenvalue weighted by molar-refractivity contribution is 4.98. The monoisotopic (exact) mass is 278 g/mol. The molecule has 114 valence electrons. The van der Waals surface area contributed by atoms with Crippen LogP contribution in [0, 0.1) is 17.8 Å². The van der Waals surface area contributed by atoms with Gasteiger partial charge in [-0.25, -0.2) is 0 Å². The minimum Gasteiger partial charge on any atom is -0.314 e. The molecular formula is C16H30N4. The highest BCUT2D eigenvalue weighted by Crippen LogP contribution is 2.35. The summed E-state index contributed by atoms with van der Waals surface area (Å²) in [5.74, 6) is 2.57. The first kappa shape index (κ1) is 15.5. The molecule has 1 aromatic heterocycles. The lowest BCUT2D eigenvalue weighted by molar-refractivity contribution is 0.188. The van der Waals surface area contributed by atoms with Crippen molar-refractivity contribution in [2.24, 2.45) is 24.8 Å². The van der Waals surface area contributed by atoms with Crippen LogP contribution in [0.2, 0.25) is 0 Å². The summed E-state index contributed by atoms with van der Waals surface area (Å²) < 4.78 is 1.80. The van der Waals surface area contributed by atoms with E-state index in [1.807, 2.05) is 13.2 Å². The molecular weight excluding hydrogens is 248 g/mol. The third kappa shape index (κ3) is 4.05. The van der Waals surface area contributed by atoms with E-state index in [4.69, 9.17) is 0 Å². The molecule has 0 aliphatic heterocycles. The van der Waals surface area contributed by atoms with Gasteiger partial charge < -0.3 is 5.32 Å². The third-order valence-corrected chi connectivity index (χ3v) is 4.87. The van der Waals surface area contributed by atoms with Gasteiger partial charge >= 0.3 is 0 Å². The van der Waals surface area contributed by atoms with E-state index in [2.05, 4.69) is 36.4 Å². The first-order valence-electron chi connectivity index (χ1n) is 8.18. The Bertz CT molecular complexity index is 391. The minimum atomic E-state index is 0.560. The normalized spacial score (nSPS) is 25.1. The van der Waals surface area contributed by atoms with Crippen molar-refractivity contribution in [2.75, 3.05) is 6.54 Å². The molecule has 1 fully saturated rings. The van der Waals surface area contributed by atoms with E-state index in [-0.39, 0.29) is 0 Å². The predicted molar refractivity (Wildman–Crippen MR) is 82.5 cm³/mol. The molecule has 0 amide bonds. The second kappa shape index (κ2) is 7.21. The summed E-state index contributed by atoms with van der Waals surface area (Å²) in [6.45, 7) is 7.97. The lowest BCUT2D eigenvalue weighted by atomic mass is 9.74. The van der Waals surface area contributed by atoms with Gasteiger partial charge in [-0.1, -0.05) is 26.0 Å². The van der Waals surface area contributed by atoms with E-state index < -0.39 is 0 Å². The van der Waals surface area contributed by atoms with E-state index in [0.717, 1.165) is 36.4 Å². The zero-order chi connectivity index (χ0) is 14.5. The Morgan fingerprint density at radius 1 is 1.25 bits per heavy atom. The lowest BCUT2D eigenvalue weighted by Crippen LogP contribution is -2.40. The Labute approximate surface area is 123 Å². The summed E-state index contributed by atoms with van der Waals surface area (Å²) >= 11 is 0. The average Bonchev–Trinajstić information content (AvgIpc) is 2.84. The number of aromatic nitrogens is 3. The van der Waals surface area contributed by atoms with Crippen LogP contribution < -0.4 is 5.32 Å². The maximum Gasteiger partial charge on any atom is 0.0842 e. The van der Waals surface area contributed by atoms with Gasteiger partial charge in [0.2, 0.25) is 0 Å². The summed E-state index contributed by atoms with van der Waals surface area (Å²) in [6.07, 6.45) is 8.57. The van der Waals surface area contributed by atoms with Crippen molar-refractivity contribution in [3.05, 3.63) is 11.9 Å². The Kier molecular flexibility index (Phi) is 5.58. The van der Waals surface area contributed by atoms with Gasteiger partial charge in [0, 0.05) is 25.7 Å². The van der Waals surface area contributed by atoms with Crippen LogP contribution in [0.15, 0.2) is 6.20 Å². The first-order valence-corrected chi connectivity index (χ1v) is 8.18. The summed E-state index contributed by atoms with van der Waals surface area (Å²) in [6, 6.07) is 0.560. The van der Waals surface area contributed by atoms with Gasteiger partial charge in [-0.15, -0.1) is 5.10 Å². The van der Waals surface area contributed by atoms with Gasteiger partial charge in [0.1, 0.15) is 0 Å². The number of rotatable bonds is 6. The fraction of sp³-hybridized carbons (Fsp3) is 0.875. The van der Waals surface area contributed by atoms with Crippen molar-refractivity contribution in [3.63, 3.8) is 0 Å². The Balaban J connectivity index is 1.92. The van der Waals surface area contributed by atoms with Gasteiger partial charge in [-0.3, -0.25) is 4.68 Å². The average molecular weight is 278 g/mol. The van der Waals surface area contributed by atoms with Crippen molar-refractivity contribution in [1.29, 1.82) is 0 Å². The molecule has 1 heterocycles. The summed E-state index contributed by atoms with van der Waals surface area (Å²) in [5, 5.41) is 12.0. The molecule has 0 saturated heterocycles. The Hall–Kier alpha value is -0.900. The number of nitrogens with zero attached hydrogens (tertiary/aromatic N) is 3. The molecule has 1 aliphatic rings. The molecule has 4 nitrogen and oxygen atoms in total. The first-order chi connectivity index (χ1) is 9.60. The number of aryl methyl sites for hydroxylation is 1. The minimum absolute atomic E-state index is 0.560. The van der Waals surface area contributed by atoms with E-state index in [9.17, 15) is 0 Å².